The molecule has 0 spiro atoms. The van der Waals surface area contributed by atoms with Crippen LogP contribution in [0.5, 0.6) is 11.5 Å². The lowest BCUT2D eigenvalue weighted by molar-refractivity contribution is -0.385. The lowest BCUT2D eigenvalue weighted by atomic mass is 10.1. The summed E-state index contributed by atoms with van der Waals surface area (Å²) >= 11 is 0.747. The highest BCUT2D eigenvalue weighted by Crippen LogP contribution is 2.36. The maximum absolute atomic E-state index is 12.9. The first-order chi connectivity index (χ1) is 17.9. The van der Waals surface area contributed by atoms with Gasteiger partial charge in [-0.25, -0.2) is 0 Å². The fourth-order valence-corrected chi connectivity index (χ4v) is 4.37. The second kappa shape index (κ2) is 11.4. The summed E-state index contributed by atoms with van der Waals surface area (Å²) in [7, 11) is 1.44. The van der Waals surface area contributed by atoms with Crippen molar-refractivity contribution in [3.05, 3.63) is 98.9 Å². The summed E-state index contributed by atoms with van der Waals surface area (Å²) in [6.45, 7) is -0.449. The Morgan fingerprint density at radius 1 is 1.05 bits per heavy atom. The normalized spacial score (nSPS) is 14.1. The number of methoxy groups -OCH3 is 1. The zero-order valence-corrected chi connectivity index (χ0v) is 20.4. The van der Waals surface area contributed by atoms with E-state index in [2.05, 4.69) is 5.32 Å². The van der Waals surface area contributed by atoms with Crippen LogP contribution in [0.25, 0.3) is 6.08 Å². The number of nitro groups is 1. The second-order valence-electron chi connectivity index (χ2n) is 7.77. The molecule has 0 unspecified atom stereocenters. The zero-order valence-electron chi connectivity index (χ0n) is 19.6. The summed E-state index contributed by atoms with van der Waals surface area (Å²) in [5, 5.41) is 13.5. The van der Waals surface area contributed by atoms with E-state index in [0.29, 0.717) is 22.7 Å². The van der Waals surface area contributed by atoms with Crippen molar-refractivity contribution < 1.29 is 28.8 Å². The highest BCUT2D eigenvalue weighted by atomic mass is 32.2. The number of benzene rings is 3. The monoisotopic (exact) mass is 519 g/mol. The first kappa shape index (κ1) is 25.5. The lowest BCUT2D eigenvalue weighted by Crippen LogP contribution is -2.27. The van der Waals surface area contributed by atoms with Crippen LogP contribution in [0.15, 0.2) is 77.7 Å². The first-order valence-corrected chi connectivity index (χ1v) is 11.8. The van der Waals surface area contributed by atoms with Gasteiger partial charge in [-0.3, -0.25) is 29.4 Å². The summed E-state index contributed by atoms with van der Waals surface area (Å²) in [4.78, 5) is 49.4. The average Bonchev–Trinajstić information content (AvgIpc) is 3.15. The van der Waals surface area contributed by atoms with Crippen molar-refractivity contribution in [3.8, 4) is 11.5 Å². The third kappa shape index (κ3) is 6.14. The van der Waals surface area contributed by atoms with Gasteiger partial charge in [0.05, 0.1) is 23.5 Å². The second-order valence-corrected chi connectivity index (χ2v) is 8.76. The largest absolute Gasteiger partial charge is 0.493 e. The van der Waals surface area contributed by atoms with Crippen molar-refractivity contribution in [1.82, 2.24) is 4.90 Å². The summed E-state index contributed by atoms with van der Waals surface area (Å²) in [5.74, 6) is -0.234. The molecule has 3 aromatic carbocycles. The SMILES string of the molecule is COc1cc(/C=C2\SC(=O)N(Cc3ccccc3[N+](=O)[O-])C2=O)ccc1OCC(=O)Nc1ccccc1. The molecule has 188 valence electrons. The van der Waals surface area contributed by atoms with Crippen LogP contribution in [0.1, 0.15) is 11.1 Å². The Hall–Kier alpha value is -4.64. The van der Waals surface area contributed by atoms with Gasteiger partial charge in [-0.05, 0) is 47.7 Å². The maximum Gasteiger partial charge on any atom is 0.293 e. The highest BCUT2D eigenvalue weighted by Gasteiger charge is 2.36. The molecule has 1 heterocycles. The number of rotatable bonds is 9. The third-order valence-corrected chi connectivity index (χ3v) is 6.20. The van der Waals surface area contributed by atoms with Crippen LogP contribution in [0.2, 0.25) is 0 Å². The van der Waals surface area contributed by atoms with E-state index in [4.69, 9.17) is 9.47 Å². The minimum Gasteiger partial charge on any atom is -0.493 e. The minimum atomic E-state index is -0.551. The van der Waals surface area contributed by atoms with Gasteiger partial charge in [0.1, 0.15) is 0 Å². The number of para-hydroxylation sites is 2. The van der Waals surface area contributed by atoms with Crippen LogP contribution in [-0.4, -0.2) is 40.6 Å². The number of imide groups is 1. The number of carbonyl (C=O) groups is 3. The number of hydrogen-bond acceptors (Lipinski definition) is 8. The fourth-order valence-electron chi connectivity index (χ4n) is 3.54. The number of nitrogens with zero attached hydrogens (tertiary/aromatic N) is 2. The molecule has 37 heavy (non-hydrogen) atoms. The molecule has 1 aliphatic rings. The van der Waals surface area contributed by atoms with Crippen LogP contribution in [0.4, 0.5) is 16.2 Å². The molecular weight excluding hydrogens is 498 g/mol. The highest BCUT2D eigenvalue weighted by molar-refractivity contribution is 8.18. The summed E-state index contributed by atoms with van der Waals surface area (Å²) in [5.41, 5.74) is 1.31. The molecule has 4 rings (SSSR count). The van der Waals surface area contributed by atoms with Crippen LogP contribution in [0, 0.1) is 10.1 Å². The Balaban J connectivity index is 1.45. The minimum absolute atomic E-state index is 0.164. The van der Waals surface area contributed by atoms with E-state index in [0.717, 1.165) is 16.7 Å². The molecule has 3 amide bonds. The van der Waals surface area contributed by atoms with Crippen molar-refractivity contribution in [3.63, 3.8) is 0 Å². The molecule has 0 bridgehead atoms. The molecule has 0 saturated carbocycles. The Bertz CT molecular complexity index is 1390. The van der Waals surface area contributed by atoms with Gasteiger partial charge in [0, 0.05) is 17.3 Å². The molecule has 1 aliphatic heterocycles. The predicted molar refractivity (Wildman–Crippen MR) is 138 cm³/mol. The van der Waals surface area contributed by atoms with Crippen molar-refractivity contribution >= 4 is 46.3 Å². The van der Waals surface area contributed by atoms with Gasteiger partial charge in [-0.1, -0.05) is 42.5 Å². The van der Waals surface area contributed by atoms with Crippen molar-refractivity contribution in [2.75, 3.05) is 19.0 Å². The van der Waals surface area contributed by atoms with E-state index in [1.165, 1.54) is 31.4 Å². The van der Waals surface area contributed by atoms with E-state index in [1.54, 1.807) is 48.5 Å². The van der Waals surface area contributed by atoms with E-state index in [1.807, 2.05) is 6.07 Å². The molecule has 0 atom stereocenters. The molecule has 3 aromatic rings. The van der Waals surface area contributed by atoms with Crippen molar-refractivity contribution in [2.24, 2.45) is 0 Å². The van der Waals surface area contributed by atoms with Gasteiger partial charge in [0.15, 0.2) is 18.1 Å². The molecule has 0 aromatic heterocycles. The summed E-state index contributed by atoms with van der Waals surface area (Å²) in [6, 6.07) is 19.8. The predicted octanol–water partition coefficient (Wildman–Crippen LogP) is 4.86. The van der Waals surface area contributed by atoms with E-state index in [9.17, 15) is 24.5 Å². The standard InChI is InChI=1S/C26H21N3O7S/c1-35-22-13-17(11-12-21(22)36-16-24(30)27-19-8-3-2-4-9-19)14-23-25(31)28(26(32)37-23)15-18-7-5-6-10-20(18)29(33)34/h2-14H,15-16H2,1H3,(H,27,30)/b23-14-. The number of nitrogens with one attached hydrogen (secondary N) is 1. The molecule has 0 aliphatic carbocycles. The number of amides is 3. The van der Waals surface area contributed by atoms with Crippen LogP contribution >= 0.6 is 11.8 Å². The molecule has 0 radical (unpaired) electrons. The molecule has 10 nitrogen and oxygen atoms in total. The van der Waals surface area contributed by atoms with Crippen LogP contribution < -0.4 is 14.8 Å². The summed E-state index contributed by atoms with van der Waals surface area (Å²) in [6.07, 6.45) is 1.53. The van der Waals surface area contributed by atoms with Gasteiger partial charge < -0.3 is 14.8 Å². The van der Waals surface area contributed by atoms with Gasteiger partial charge in [-0.2, -0.15) is 0 Å². The van der Waals surface area contributed by atoms with Crippen LogP contribution in [-0.2, 0) is 16.1 Å². The molecule has 1 fully saturated rings. The molecule has 11 heteroatoms. The van der Waals surface area contributed by atoms with Gasteiger partial charge in [-0.15, -0.1) is 0 Å². The Morgan fingerprint density at radius 3 is 2.51 bits per heavy atom. The Morgan fingerprint density at radius 2 is 1.78 bits per heavy atom. The Kier molecular flexibility index (Phi) is 7.84. The quantitative estimate of drug-likeness (QED) is 0.241. The van der Waals surface area contributed by atoms with Crippen LogP contribution in [0.3, 0.4) is 0 Å². The van der Waals surface area contributed by atoms with E-state index < -0.39 is 16.1 Å². The van der Waals surface area contributed by atoms with E-state index >= 15 is 0 Å². The average molecular weight is 520 g/mol. The lowest BCUT2D eigenvalue weighted by Gasteiger charge is -2.12. The number of anilines is 1. The summed E-state index contributed by atoms with van der Waals surface area (Å²) < 4.78 is 11.0. The number of carbonyl (C=O) groups excluding carboxylic acids is 3. The fraction of sp³-hybridized carbons (Fsp3) is 0.115. The van der Waals surface area contributed by atoms with Gasteiger partial charge in [0.25, 0.3) is 22.7 Å². The van der Waals surface area contributed by atoms with Crippen molar-refractivity contribution in [2.45, 2.75) is 6.54 Å². The van der Waals surface area contributed by atoms with Gasteiger partial charge in [0.2, 0.25) is 0 Å². The topological polar surface area (TPSA) is 128 Å². The number of hydrogen-bond donors (Lipinski definition) is 1. The molecule has 1 N–H and O–H groups in total. The number of thioether (sulfide) groups is 1. The number of ether oxygens (including phenoxy) is 2. The van der Waals surface area contributed by atoms with Crippen molar-refractivity contribution in [1.29, 1.82) is 0 Å². The smallest absolute Gasteiger partial charge is 0.293 e. The number of nitro benzene ring substituents is 1. The van der Waals surface area contributed by atoms with E-state index in [-0.39, 0.29) is 35.2 Å². The first-order valence-electron chi connectivity index (χ1n) is 11.0. The Labute approximate surface area is 216 Å². The zero-order chi connectivity index (χ0) is 26.4. The third-order valence-electron chi connectivity index (χ3n) is 5.29. The molecular formula is C26H21N3O7S. The molecule has 1 saturated heterocycles. The van der Waals surface area contributed by atoms with Gasteiger partial charge >= 0.3 is 0 Å². The maximum atomic E-state index is 12.9.